The van der Waals surface area contributed by atoms with E-state index in [1.54, 1.807) is 0 Å². The smallest absolute Gasteiger partial charge is 0.174 e. The molecule has 1 N–H and O–H groups in total. The predicted octanol–water partition coefficient (Wildman–Crippen LogP) is 4.52. The van der Waals surface area contributed by atoms with Crippen LogP contribution >= 0.6 is 0 Å². The van der Waals surface area contributed by atoms with Crippen molar-refractivity contribution in [3.8, 4) is 0 Å². The molecule has 5 rings (SSSR count). The van der Waals surface area contributed by atoms with E-state index in [0.717, 1.165) is 50.2 Å². The van der Waals surface area contributed by atoms with Gasteiger partial charge in [0.1, 0.15) is 0 Å². The van der Waals surface area contributed by atoms with E-state index in [4.69, 9.17) is 9.47 Å². The maximum atomic E-state index is 10.2. The molecule has 5 fully saturated rings. The lowest BCUT2D eigenvalue weighted by Gasteiger charge is -2.66. The van der Waals surface area contributed by atoms with E-state index in [0.29, 0.717) is 10.8 Å². The zero-order valence-electron chi connectivity index (χ0n) is 16.4. The molecule has 1 saturated heterocycles. The molecule has 0 aromatic carbocycles. The van der Waals surface area contributed by atoms with Gasteiger partial charge in [0.15, 0.2) is 5.79 Å². The first kappa shape index (κ1) is 17.0. The van der Waals surface area contributed by atoms with Crippen LogP contribution < -0.4 is 0 Å². The largest absolute Gasteiger partial charge is 0.393 e. The highest BCUT2D eigenvalue weighted by atomic mass is 16.7. The summed E-state index contributed by atoms with van der Waals surface area (Å²) < 4.78 is 12.6. The maximum absolute atomic E-state index is 10.2. The van der Waals surface area contributed by atoms with Gasteiger partial charge in [0.25, 0.3) is 0 Å². The molecule has 0 amide bonds. The lowest BCUT2D eigenvalue weighted by molar-refractivity contribution is -0.262. The molecule has 0 aromatic rings. The fraction of sp³-hybridized carbons (Fsp3) is 1.00. The predicted molar refractivity (Wildman–Crippen MR) is 97.0 cm³/mol. The topological polar surface area (TPSA) is 38.7 Å². The molecular weight excluding hydrogens is 312 g/mol. The van der Waals surface area contributed by atoms with Gasteiger partial charge in [-0.05, 0) is 80.0 Å². The average Bonchev–Trinajstić information content (AvgIpc) is 3.16. The fourth-order valence-corrected chi connectivity index (χ4v) is 8.79. The second-order valence-corrected chi connectivity index (χ2v) is 10.7. The Morgan fingerprint density at radius 1 is 0.760 bits per heavy atom. The summed E-state index contributed by atoms with van der Waals surface area (Å²) in [4.78, 5) is 0. The summed E-state index contributed by atoms with van der Waals surface area (Å²) in [5.41, 5.74) is 1.03. The van der Waals surface area contributed by atoms with E-state index >= 15 is 0 Å². The van der Waals surface area contributed by atoms with Crippen LogP contribution in [0.15, 0.2) is 0 Å². The Bertz CT molecular complexity index is 555. The minimum atomic E-state index is -0.286. The van der Waals surface area contributed by atoms with Gasteiger partial charge in [0.2, 0.25) is 0 Å². The molecule has 4 saturated carbocycles. The van der Waals surface area contributed by atoms with E-state index in [-0.39, 0.29) is 17.3 Å². The standard InChI is InChI=1S/C22H36O3/c1-19-9-5-16(23)14-15(19)4-8-20(2)17(19)6-10-21(3)18(20)7-11-22(21)24-12-13-25-22/h15-18,23H,4-14H2,1-3H3/t15-,16-,17+,18-,19-,20+,21-/m0/s1. The molecule has 142 valence electrons. The van der Waals surface area contributed by atoms with Crippen molar-refractivity contribution in [3.05, 3.63) is 0 Å². The highest BCUT2D eigenvalue weighted by molar-refractivity contribution is 5.16. The Labute approximate surface area is 152 Å². The van der Waals surface area contributed by atoms with Crippen LogP contribution in [0.4, 0.5) is 0 Å². The Morgan fingerprint density at radius 2 is 1.44 bits per heavy atom. The molecule has 5 aliphatic rings. The Morgan fingerprint density at radius 3 is 2.20 bits per heavy atom. The normalized spacial score (nSPS) is 57.1. The van der Waals surface area contributed by atoms with Gasteiger partial charge in [-0.2, -0.15) is 0 Å². The Balaban J connectivity index is 1.50. The summed E-state index contributed by atoms with van der Waals surface area (Å²) in [7, 11) is 0. The fourth-order valence-electron chi connectivity index (χ4n) is 8.79. The highest BCUT2D eigenvalue weighted by Crippen LogP contribution is 2.73. The molecule has 1 heterocycles. The average molecular weight is 349 g/mol. The zero-order valence-corrected chi connectivity index (χ0v) is 16.4. The minimum Gasteiger partial charge on any atom is -0.393 e. The van der Waals surface area contributed by atoms with Crippen LogP contribution in [0.25, 0.3) is 0 Å². The van der Waals surface area contributed by atoms with Gasteiger partial charge in [-0.25, -0.2) is 0 Å². The van der Waals surface area contributed by atoms with Gasteiger partial charge in [0.05, 0.1) is 19.3 Å². The molecular formula is C22H36O3. The quantitative estimate of drug-likeness (QED) is 0.699. The maximum Gasteiger partial charge on any atom is 0.174 e. The molecule has 1 spiro atoms. The lowest BCUT2D eigenvalue weighted by Crippen LogP contribution is -2.61. The van der Waals surface area contributed by atoms with Crippen molar-refractivity contribution in [2.24, 2.45) is 34.0 Å². The molecule has 7 atom stereocenters. The molecule has 0 bridgehead atoms. The molecule has 0 aromatic heterocycles. The van der Waals surface area contributed by atoms with Gasteiger partial charge in [-0.1, -0.05) is 20.8 Å². The first-order valence-electron chi connectivity index (χ1n) is 10.8. The van der Waals surface area contributed by atoms with E-state index in [9.17, 15) is 5.11 Å². The molecule has 3 nitrogen and oxygen atoms in total. The zero-order chi connectivity index (χ0) is 17.5. The van der Waals surface area contributed by atoms with Gasteiger partial charge >= 0.3 is 0 Å². The van der Waals surface area contributed by atoms with Gasteiger partial charge in [-0.3, -0.25) is 0 Å². The molecule has 1 aliphatic heterocycles. The summed E-state index contributed by atoms with van der Waals surface area (Å²) in [5.74, 6) is 1.97. The highest BCUT2D eigenvalue weighted by Gasteiger charge is 2.70. The van der Waals surface area contributed by atoms with Crippen LogP contribution in [0, 0.1) is 34.0 Å². The second kappa shape index (κ2) is 5.23. The Kier molecular flexibility index (Phi) is 3.56. The third-order valence-corrected chi connectivity index (χ3v) is 10.0. The van der Waals surface area contributed by atoms with E-state index in [1.165, 1.54) is 38.5 Å². The SMILES string of the molecule is C[C@]12CC[C@H](O)C[C@@H]1CC[C@]1(C)[C@@H]2CC[C@@]2(C)[C@H]1CCC21OCCO1. The van der Waals surface area contributed by atoms with Crippen molar-refractivity contribution in [1.82, 2.24) is 0 Å². The number of fused-ring (bicyclic) bond motifs is 6. The number of rotatable bonds is 0. The van der Waals surface area contributed by atoms with Crippen LogP contribution in [-0.4, -0.2) is 30.2 Å². The summed E-state index contributed by atoms with van der Waals surface area (Å²) in [6, 6.07) is 0. The molecule has 3 heteroatoms. The number of hydrogen-bond acceptors (Lipinski definition) is 3. The van der Waals surface area contributed by atoms with Gasteiger partial charge in [0, 0.05) is 11.8 Å². The van der Waals surface area contributed by atoms with Crippen LogP contribution in [0.3, 0.4) is 0 Å². The van der Waals surface area contributed by atoms with Crippen molar-refractivity contribution >= 4 is 0 Å². The van der Waals surface area contributed by atoms with Crippen LogP contribution in [-0.2, 0) is 9.47 Å². The molecule has 4 aliphatic carbocycles. The van der Waals surface area contributed by atoms with E-state index in [2.05, 4.69) is 20.8 Å². The lowest BCUT2D eigenvalue weighted by atomic mass is 9.39. The van der Waals surface area contributed by atoms with E-state index in [1.807, 2.05) is 0 Å². The minimum absolute atomic E-state index is 0.0497. The van der Waals surface area contributed by atoms with Crippen molar-refractivity contribution in [1.29, 1.82) is 0 Å². The van der Waals surface area contributed by atoms with Crippen molar-refractivity contribution in [2.75, 3.05) is 13.2 Å². The number of aliphatic hydroxyl groups is 1. The summed E-state index contributed by atoms with van der Waals surface area (Å²) in [6.07, 6.45) is 10.8. The molecule has 0 unspecified atom stereocenters. The van der Waals surface area contributed by atoms with E-state index < -0.39 is 0 Å². The summed E-state index contributed by atoms with van der Waals surface area (Å²) in [6.45, 7) is 9.22. The van der Waals surface area contributed by atoms with Crippen LogP contribution in [0.5, 0.6) is 0 Å². The van der Waals surface area contributed by atoms with Crippen molar-refractivity contribution < 1.29 is 14.6 Å². The van der Waals surface area contributed by atoms with Crippen LogP contribution in [0.1, 0.15) is 78.6 Å². The molecule has 0 radical (unpaired) electrons. The molecule has 25 heavy (non-hydrogen) atoms. The third kappa shape index (κ3) is 1.99. The first-order chi connectivity index (χ1) is 11.8. The van der Waals surface area contributed by atoms with Crippen molar-refractivity contribution in [2.45, 2.75) is 90.4 Å². The summed E-state index contributed by atoms with van der Waals surface area (Å²) >= 11 is 0. The number of aliphatic hydroxyl groups excluding tert-OH is 1. The monoisotopic (exact) mass is 348 g/mol. The van der Waals surface area contributed by atoms with Gasteiger partial charge in [-0.15, -0.1) is 0 Å². The second-order valence-electron chi connectivity index (χ2n) is 10.7. The summed E-state index contributed by atoms with van der Waals surface area (Å²) in [5, 5.41) is 10.2. The van der Waals surface area contributed by atoms with Crippen molar-refractivity contribution in [3.63, 3.8) is 0 Å². The Hall–Kier alpha value is -0.120. The third-order valence-electron chi connectivity index (χ3n) is 10.0. The van der Waals surface area contributed by atoms with Gasteiger partial charge < -0.3 is 14.6 Å². The van der Waals surface area contributed by atoms with Crippen LogP contribution in [0.2, 0.25) is 0 Å². The first-order valence-corrected chi connectivity index (χ1v) is 10.8. The number of hydrogen-bond donors (Lipinski definition) is 1. The number of ether oxygens (including phenoxy) is 2.